The Balaban J connectivity index is 1.93. The second kappa shape index (κ2) is 6.47. The topological polar surface area (TPSA) is 58.4 Å². The van der Waals surface area contributed by atoms with E-state index in [2.05, 4.69) is 34.2 Å². The summed E-state index contributed by atoms with van der Waals surface area (Å²) >= 11 is 1.71. The number of nitrogens with two attached hydrogens (primary N) is 1. The van der Waals surface area contributed by atoms with Crippen molar-refractivity contribution in [2.45, 2.75) is 13.1 Å². The highest BCUT2D eigenvalue weighted by Gasteiger charge is 2.05. The maximum atomic E-state index is 11.3. The second-order valence-corrected chi connectivity index (χ2v) is 5.25. The summed E-state index contributed by atoms with van der Waals surface area (Å²) in [5.74, 6) is 4.83. The molecule has 0 unspecified atom stereocenters. The first-order chi connectivity index (χ1) is 9.19. The third-order valence-electron chi connectivity index (χ3n) is 2.83. The Morgan fingerprint density at radius 2 is 1.89 bits per heavy atom. The van der Waals surface area contributed by atoms with Crippen LogP contribution in [0.4, 0.5) is 0 Å². The summed E-state index contributed by atoms with van der Waals surface area (Å²) in [6.07, 6.45) is 0. The van der Waals surface area contributed by atoms with Gasteiger partial charge in [0.2, 0.25) is 0 Å². The molecule has 5 heteroatoms. The molecular formula is C14H17N3OS. The van der Waals surface area contributed by atoms with Gasteiger partial charge in [-0.3, -0.25) is 15.1 Å². The Morgan fingerprint density at radius 3 is 2.47 bits per heavy atom. The van der Waals surface area contributed by atoms with Crippen molar-refractivity contribution < 1.29 is 4.79 Å². The Bertz CT molecular complexity index is 522. The molecule has 0 aliphatic carbocycles. The fourth-order valence-corrected chi connectivity index (χ4v) is 2.57. The molecule has 0 saturated carbocycles. The van der Waals surface area contributed by atoms with Gasteiger partial charge in [0.15, 0.2) is 0 Å². The Morgan fingerprint density at radius 1 is 1.21 bits per heavy atom. The summed E-state index contributed by atoms with van der Waals surface area (Å²) in [5.41, 5.74) is 5.20. The van der Waals surface area contributed by atoms with E-state index in [1.54, 1.807) is 23.5 Å². The minimum absolute atomic E-state index is 0.266. The summed E-state index contributed by atoms with van der Waals surface area (Å²) in [6, 6.07) is 9.62. The van der Waals surface area contributed by atoms with E-state index in [1.165, 1.54) is 11.1 Å². The molecule has 0 fully saturated rings. The second-order valence-electron chi connectivity index (χ2n) is 4.47. The molecule has 0 aliphatic rings. The molecule has 1 aromatic carbocycles. The van der Waals surface area contributed by atoms with Crippen molar-refractivity contribution in [3.8, 4) is 0 Å². The number of hydrazine groups is 1. The number of hydrogen-bond acceptors (Lipinski definition) is 4. The van der Waals surface area contributed by atoms with Crippen LogP contribution in [0.1, 0.15) is 21.5 Å². The van der Waals surface area contributed by atoms with Crippen molar-refractivity contribution in [1.82, 2.24) is 10.3 Å². The van der Waals surface area contributed by atoms with Crippen molar-refractivity contribution >= 4 is 17.2 Å². The van der Waals surface area contributed by atoms with E-state index in [0.29, 0.717) is 5.56 Å². The zero-order valence-corrected chi connectivity index (χ0v) is 11.6. The van der Waals surface area contributed by atoms with Crippen LogP contribution < -0.4 is 11.3 Å². The van der Waals surface area contributed by atoms with Crippen molar-refractivity contribution in [3.05, 3.63) is 57.8 Å². The van der Waals surface area contributed by atoms with Crippen LogP contribution in [-0.4, -0.2) is 17.9 Å². The molecule has 1 heterocycles. The van der Waals surface area contributed by atoms with Gasteiger partial charge in [0.05, 0.1) is 0 Å². The Hall–Kier alpha value is -1.69. The molecule has 0 saturated heterocycles. The predicted molar refractivity (Wildman–Crippen MR) is 77.6 cm³/mol. The molecule has 0 spiro atoms. The van der Waals surface area contributed by atoms with Crippen molar-refractivity contribution in [2.24, 2.45) is 5.84 Å². The monoisotopic (exact) mass is 275 g/mol. The van der Waals surface area contributed by atoms with E-state index in [9.17, 15) is 4.79 Å². The zero-order valence-electron chi connectivity index (χ0n) is 10.8. The number of carbonyl (C=O) groups excluding carboxylic acids is 1. The first-order valence-corrected chi connectivity index (χ1v) is 6.93. The lowest BCUT2D eigenvalue weighted by atomic mass is 10.1. The van der Waals surface area contributed by atoms with Crippen LogP contribution in [0, 0.1) is 0 Å². The van der Waals surface area contributed by atoms with E-state index >= 15 is 0 Å². The third-order valence-corrected chi connectivity index (χ3v) is 3.56. The lowest BCUT2D eigenvalue weighted by Crippen LogP contribution is -2.29. The van der Waals surface area contributed by atoms with Gasteiger partial charge in [-0.05, 0) is 47.1 Å². The van der Waals surface area contributed by atoms with Gasteiger partial charge in [-0.15, -0.1) is 0 Å². The summed E-state index contributed by atoms with van der Waals surface area (Å²) in [6.45, 7) is 1.77. The molecule has 2 aromatic rings. The largest absolute Gasteiger partial charge is 0.298 e. The van der Waals surface area contributed by atoms with Gasteiger partial charge >= 0.3 is 0 Å². The van der Waals surface area contributed by atoms with Gasteiger partial charge in [0, 0.05) is 18.7 Å². The highest BCUT2D eigenvalue weighted by Crippen LogP contribution is 2.11. The summed E-state index contributed by atoms with van der Waals surface area (Å²) < 4.78 is 0. The maximum Gasteiger partial charge on any atom is 0.265 e. The first-order valence-electron chi connectivity index (χ1n) is 5.98. The molecule has 4 nitrogen and oxygen atoms in total. The van der Waals surface area contributed by atoms with Crippen LogP contribution in [0.3, 0.4) is 0 Å². The molecule has 100 valence electrons. The molecule has 0 radical (unpaired) electrons. The molecular weight excluding hydrogens is 258 g/mol. The quantitative estimate of drug-likeness (QED) is 0.498. The number of nitrogen functional groups attached to an aromatic ring is 1. The van der Waals surface area contributed by atoms with Gasteiger partial charge in [0.25, 0.3) is 5.91 Å². The van der Waals surface area contributed by atoms with Gasteiger partial charge in [-0.25, -0.2) is 5.84 Å². The molecule has 0 aliphatic heterocycles. The Kier molecular flexibility index (Phi) is 4.68. The number of nitrogens with zero attached hydrogens (tertiary/aromatic N) is 1. The number of nitrogens with one attached hydrogen (secondary N) is 1. The third kappa shape index (κ3) is 3.89. The van der Waals surface area contributed by atoms with Crippen molar-refractivity contribution in [2.75, 3.05) is 7.05 Å². The predicted octanol–water partition coefficient (Wildman–Crippen LogP) is 1.98. The summed E-state index contributed by atoms with van der Waals surface area (Å²) in [5, 5.41) is 4.24. The zero-order chi connectivity index (χ0) is 13.7. The van der Waals surface area contributed by atoms with E-state index < -0.39 is 0 Å². The van der Waals surface area contributed by atoms with Crippen LogP contribution >= 0.6 is 11.3 Å². The molecule has 2 rings (SSSR count). The molecule has 1 amide bonds. The highest BCUT2D eigenvalue weighted by molar-refractivity contribution is 7.07. The average molecular weight is 275 g/mol. The summed E-state index contributed by atoms with van der Waals surface area (Å²) in [7, 11) is 2.08. The lowest BCUT2D eigenvalue weighted by Gasteiger charge is -2.16. The number of thiophene rings is 1. The summed E-state index contributed by atoms with van der Waals surface area (Å²) in [4.78, 5) is 13.5. The van der Waals surface area contributed by atoms with Crippen LogP contribution in [0.5, 0.6) is 0 Å². The van der Waals surface area contributed by atoms with Gasteiger partial charge in [0.1, 0.15) is 0 Å². The number of amides is 1. The molecule has 0 atom stereocenters. The van der Waals surface area contributed by atoms with E-state index in [-0.39, 0.29) is 5.91 Å². The van der Waals surface area contributed by atoms with Crippen molar-refractivity contribution in [1.29, 1.82) is 0 Å². The number of benzene rings is 1. The molecule has 3 N–H and O–H groups in total. The fraction of sp³-hybridized carbons (Fsp3) is 0.214. The number of hydrogen-bond donors (Lipinski definition) is 2. The maximum absolute atomic E-state index is 11.3. The molecule has 19 heavy (non-hydrogen) atoms. The van der Waals surface area contributed by atoms with Crippen LogP contribution in [0.25, 0.3) is 0 Å². The van der Waals surface area contributed by atoms with Crippen molar-refractivity contribution in [3.63, 3.8) is 0 Å². The minimum Gasteiger partial charge on any atom is -0.298 e. The van der Waals surface area contributed by atoms with Gasteiger partial charge in [-0.2, -0.15) is 11.3 Å². The SMILES string of the molecule is CN(Cc1ccc(C(=O)NN)cc1)Cc1ccsc1. The Labute approximate surface area is 116 Å². The van der Waals surface area contributed by atoms with Crippen LogP contribution in [0.2, 0.25) is 0 Å². The van der Waals surface area contributed by atoms with Crippen LogP contribution in [0.15, 0.2) is 41.1 Å². The van der Waals surface area contributed by atoms with Gasteiger partial charge < -0.3 is 0 Å². The fourth-order valence-electron chi connectivity index (χ4n) is 1.91. The number of carbonyl (C=O) groups is 1. The normalized spacial score (nSPS) is 10.7. The standard InChI is InChI=1S/C14H17N3OS/c1-17(9-12-6-7-19-10-12)8-11-2-4-13(5-3-11)14(18)16-15/h2-7,10H,8-9,15H2,1H3,(H,16,18). The first kappa shape index (κ1) is 13.7. The van der Waals surface area contributed by atoms with Gasteiger partial charge in [-0.1, -0.05) is 12.1 Å². The van der Waals surface area contributed by atoms with Crippen LogP contribution in [-0.2, 0) is 13.1 Å². The molecule has 0 bridgehead atoms. The van der Waals surface area contributed by atoms with E-state index in [0.717, 1.165) is 13.1 Å². The van der Waals surface area contributed by atoms with E-state index in [4.69, 9.17) is 5.84 Å². The average Bonchev–Trinajstić information content (AvgIpc) is 2.91. The highest BCUT2D eigenvalue weighted by atomic mass is 32.1. The number of rotatable bonds is 5. The minimum atomic E-state index is -0.266. The lowest BCUT2D eigenvalue weighted by molar-refractivity contribution is 0.0953. The smallest absolute Gasteiger partial charge is 0.265 e. The van der Waals surface area contributed by atoms with E-state index in [1.807, 2.05) is 12.1 Å². The molecule has 1 aromatic heterocycles.